The Morgan fingerprint density at radius 3 is 2.39 bits per heavy atom. The van der Waals surface area contributed by atoms with Crippen LogP contribution in [0.25, 0.3) is 11.3 Å². The van der Waals surface area contributed by atoms with Crippen LogP contribution in [0.2, 0.25) is 0 Å². The van der Waals surface area contributed by atoms with Crippen LogP contribution in [0.15, 0.2) is 65.8 Å². The number of nitrogens with one attached hydrogen (secondary N) is 1. The van der Waals surface area contributed by atoms with Crippen molar-refractivity contribution in [1.29, 1.82) is 0 Å². The van der Waals surface area contributed by atoms with E-state index in [1.807, 2.05) is 75.6 Å². The number of aryl methyl sites for hydroxylation is 3. The SMILES string of the molecule is COc1c(Oc2ccccc2C)nc(NSc2cnn(C)c2)nc1-c1ccccc1C. The van der Waals surface area contributed by atoms with E-state index < -0.39 is 0 Å². The second-order valence-electron chi connectivity index (χ2n) is 6.97. The Kier molecular flexibility index (Phi) is 6.08. The molecule has 0 unspecified atom stereocenters. The van der Waals surface area contributed by atoms with Gasteiger partial charge in [-0.25, -0.2) is 4.98 Å². The van der Waals surface area contributed by atoms with E-state index in [1.54, 1.807) is 18.0 Å². The predicted molar refractivity (Wildman–Crippen MR) is 123 cm³/mol. The minimum absolute atomic E-state index is 0.347. The van der Waals surface area contributed by atoms with Crippen LogP contribution in [-0.2, 0) is 7.05 Å². The van der Waals surface area contributed by atoms with Crippen molar-refractivity contribution in [1.82, 2.24) is 19.7 Å². The van der Waals surface area contributed by atoms with Gasteiger partial charge in [-0.05, 0) is 43.0 Å². The summed E-state index contributed by atoms with van der Waals surface area (Å²) in [6, 6.07) is 15.8. The molecule has 0 saturated carbocycles. The van der Waals surface area contributed by atoms with Crippen LogP contribution in [0.1, 0.15) is 11.1 Å². The summed E-state index contributed by atoms with van der Waals surface area (Å²) in [5, 5.41) is 4.19. The first-order valence-electron chi connectivity index (χ1n) is 9.72. The summed E-state index contributed by atoms with van der Waals surface area (Å²) in [5.41, 5.74) is 3.69. The Balaban J connectivity index is 1.78. The molecule has 2 aromatic heterocycles. The van der Waals surface area contributed by atoms with Gasteiger partial charge < -0.3 is 9.47 Å². The average molecular weight is 434 g/mol. The molecule has 0 amide bonds. The van der Waals surface area contributed by atoms with E-state index >= 15 is 0 Å². The number of methoxy groups -OCH3 is 1. The van der Waals surface area contributed by atoms with Crippen molar-refractivity contribution in [2.45, 2.75) is 18.7 Å². The highest BCUT2D eigenvalue weighted by Crippen LogP contribution is 2.40. The summed E-state index contributed by atoms with van der Waals surface area (Å²) in [7, 11) is 3.47. The average Bonchev–Trinajstić information content (AvgIpc) is 3.19. The van der Waals surface area contributed by atoms with Crippen molar-refractivity contribution in [3.8, 4) is 28.6 Å². The fourth-order valence-electron chi connectivity index (χ4n) is 3.08. The standard InChI is InChI=1S/C23H23N5O2S/c1-15-9-5-7-11-18(15)20-21(29-4)22(30-19-12-8-6-10-16(19)2)26-23(25-20)27-31-17-13-24-28(3)14-17/h5-14H,1-4H3,(H,25,26,27). The van der Waals surface area contributed by atoms with Gasteiger partial charge in [0.1, 0.15) is 11.4 Å². The maximum Gasteiger partial charge on any atom is 0.268 e. The summed E-state index contributed by atoms with van der Waals surface area (Å²) in [4.78, 5) is 10.3. The molecule has 2 heterocycles. The molecule has 0 saturated heterocycles. The molecule has 31 heavy (non-hydrogen) atoms. The van der Waals surface area contributed by atoms with Gasteiger partial charge >= 0.3 is 0 Å². The number of para-hydroxylation sites is 1. The summed E-state index contributed by atoms with van der Waals surface area (Å²) in [6.07, 6.45) is 3.68. The number of benzene rings is 2. The number of rotatable bonds is 7. The highest BCUT2D eigenvalue weighted by atomic mass is 32.2. The third kappa shape index (κ3) is 4.64. The van der Waals surface area contributed by atoms with E-state index in [-0.39, 0.29) is 0 Å². The molecule has 0 atom stereocenters. The van der Waals surface area contributed by atoms with Crippen molar-refractivity contribution in [2.75, 3.05) is 11.8 Å². The Hall–Kier alpha value is -3.52. The van der Waals surface area contributed by atoms with E-state index in [1.165, 1.54) is 11.9 Å². The van der Waals surface area contributed by atoms with Gasteiger partial charge in [0.05, 0.1) is 18.2 Å². The van der Waals surface area contributed by atoms with Crippen molar-refractivity contribution in [3.05, 3.63) is 72.1 Å². The summed E-state index contributed by atoms with van der Waals surface area (Å²) >= 11 is 1.38. The number of hydrogen-bond acceptors (Lipinski definition) is 7. The Labute approximate surface area is 185 Å². The van der Waals surface area contributed by atoms with E-state index in [4.69, 9.17) is 14.5 Å². The first-order chi connectivity index (χ1) is 15.0. The molecule has 4 rings (SSSR count). The molecule has 4 aromatic rings. The zero-order valence-corrected chi connectivity index (χ0v) is 18.6. The quantitative estimate of drug-likeness (QED) is 0.390. The minimum atomic E-state index is 0.347. The molecule has 0 aliphatic carbocycles. The van der Waals surface area contributed by atoms with E-state index in [0.717, 1.165) is 21.6 Å². The zero-order chi connectivity index (χ0) is 21.8. The van der Waals surface area contributed by atoms with Gasteiger partial charge in [0.15, 0.2) is 0 Å². The second-order valence-corrected chi connectivity index (χ2v) is 7.85. The van der Waals surface area contributed by atoms with Crippen molar-refractivity contribution >= 4 is 17.9 Å². The first kappa shape index (κ1) is 20.7. The van der Waals surface area contributed by atoms with Gasteiger partial charge in [-0.2, -0.15) is 10.1 Å². The Bertz CT molecular complexity index is 1210. The van der Waals surface area contributed by atoms with Crippen LogP contribution in [-0.4, -0.2) is 26.9 Å². The molecule has 8 heteroatoms. The molecular formula is C23H23N5O2S. The van der Waals surface area contributed by atoms with Gasteiger partial charge in [0.2, 0.25) is 11.7 Å². The molecule has 0 fully saturated rings. The van der Waals surface area contributed by atoms with E-state index in [2.05, 4.69) is 14.8 Å². The molecular weight excluding hydrogens is 410 g/mol. The molecule has 7 nitrogen and oxygen atoms in total. The normalized spacial score (nSPS) is 10.7. The zero-order valence-electron chi connectivity index (χ0n) is 17.8. The van der Waals surface area contributed by atoms with Crippen LogP contribution in [0.5, 0.6) is 17.4 Å². The molecule has 2 aromatic carbocycles. The number of hydrogen-bond donors (Lipinski definition) is 1. The molecule has 0 aliphatic rings. The van der Waals surface area contributed by atoms with Gasteiger partial charge in [-0.3, -0.25) is 9.40 Å². The van der Waals surface area contributed by atoms with Crippen LogP contribution in [0.3, 0.4) is 0 Å². The van der Waals surface area contributed by atoms with Crippen molar-refractivity contribution in [3.63, 3.8) is 0 Å². The number of anilines is 1. The Morgan fingerprint density at radius 2 is 1.71 bits per heavy atom. The lowest BCUT2D eigenvalue weighted by molar-refractivity contribution is 0.368. The highest BCUT2D eigenvalue weighted by Gasteiger charge is 2.21. The van der Waals surface area contributed by atoms with Crippen molar-refractivity contribution in [2.24, 2.45) is 7.05 Å². The summed E-state index contributed by atoms with van der Waals surface area (Å²) in [6.45, 7) is 4.03. The number of nitrogens with zero attached hydrogens (tertiary/aromatic N) is 4. The van der Waals surface area contributed by atoms with E-state index in [9.17, 15) is 0 Å². The molecule has 158 valence electrons. The summed E-state index contributed by atoms with van der Waals surface area (Å²) < 4.78 is 16.9. The maximum atomic E-state index is 6.19. The highest BCUT2D eigenvalue weighted by molar-refractivity contribution is 8.00. The molecule has 0 spiro atoms. The molecule has 1 N–H and O–H groups in total. The fourth-order valence-corrected chi connectivity index (χ4v) is 3.69. The lowest BCUT2D eigenvalue weighted by atomic mass is 10.1. The monoisotopic (exact) mass is 433 g/mol. The van der Waals surface area contributed by atoms with Crippen LogP contribution in [0, 0.1) is 13.8 Å². The second kappa shape index (κ2) is 9.09. The van der Waals surface area contributed by atoms with Crippen LogP contribution < -0.4 is 14.2 Å². The van der Waals surface area contributed by atoms with Crippen molar-refractivity contribution < 1.29 is 9.47 Å². The van der Waals surface area contributed by atoms with Crippen LogP contribution in [0.4, 0.5) is 5.95 Å². The molecule has 0 aliphatic heterocycles. The van der Waals surface area contributed by atoms with Gasteiger partial charge in [-0.15, -0.1) is 0 Å². The van der Waals surface area contributed by atoms with Gasteiger partial charge in [-0.1, -0.05) is 42.5 Å². The van der Waals surface area contributed by atoms with E-state index in [0.29, 0.717) is 29.0 Å². The molecule has 0 bridgehead atoms. The first-order valence-corrected chi connectivity index (χ1v) is 10.5. The van der Waals surface area contributed by atoms with Gasteiger partial charge in [0, 0.05) is 18.8 Å². The maximum absolute atomic E-state index is 6.19. The third-order valence-corrected chi connectivity index (χ3v) is 5.41. The topological polar surface area (TPSA) is 74.1 Å². The number of aromatic nitrogens is 4. The molecule has 0 radical (unpaired) electrons. The Morgan fingerprint density at radius 1 is 0.968 bits per heavy atom. The smallest absolute Gasteiger partial charge is 0.268 e. The third-order valence-electron chi connectivity index (χ3n) is 4.68. The summed E-state index contributed by atoms with van der Waals surface area (Å²) in [5.74, 6) is 1.95. The van der Waals surface area contributed by atoms with Crippen LogP contribution >= 0.6 is 11.9 Å². The lowest BCUT2D eigenvalue weighted by Crippen LogP contribution is -2.04. The minimum Gasteiger partial charge on any atom is -0.490 e. The predicted octanol–water partition coefficient (Wildman–Crippen LogP) is 5.41. The van der Waals surface area contributed by atoms with Gasteiger partial charge in [0.25, 0.3) is 5.88 Å². The fraction of sp³-hybridized carbons (Fsp3) is 0.174. The lowest BCUT2D eigenvalue weighted by Gasteiger charge is -2.16. The largest absolute Gasteiger partial charge is 0.490 e. The number of ether oxygens (including phenoxy) is 2.